The fourth-order valence-electron chi connectivity index (χ4n) is 2.76. The summed E-state index contributed by atoms with van der Waals surface area (Å²) in [7, 11) is 0. The third-order valence-electron chi connectivity index (χ3n) is 3.80. The molecule has 7 heteroatoms. The second-order valence-electron chi connectivity index (χ2n) is 5.62. The Labute approximate surface area is 135 Å². The maximum absolute atomic E-state index is 12.7. The molecule has 2 aromatic rings. The van der Waals surface area contributed by atoms with E-state index in [9.17, 15) is 4.79 Å². The first-order valence-electron chi connectivity index (χ1n) is 7.77. The standard InChI is InChI=1S/C16H20N6O/c1-12-11-14(20-13(2)19-12)15(23)21-7-4-8-22(10-9-21)16-17-5-3-6-18-16/h3,5-6,11H,4,7-10H2,1-2H3. The van der Waals surface area contributed by atoms with E-state index in [0.29, 0.717) is 24.6 Å². The molecular weight excluding hydrogens is 292 g/mol. The van der Waals surface area contributed by atoms with E-state index in [2.05, 4.69) is 24.8 Å². The summed E-state index contributed by atoms with van der Waals surface area (Å²) in [6.07, 6.45) is 4.36. The third kappa shape index (κ3) is 3.61. The topological polar surface area (TPSA) is 75.1 Å². The zero-order valence-corrected chi connectivity index (χ0v) is 13.4. The highest BCUT2D eigenvalue weighted by molar-refractivity contribution is 5.92. The molecule has 7 nitrogen and oxygen atoms in total. The molecule has 23 heavy (non-hydrogen) atoms. The van der Waals surface area contributed by atoms with Crippen LogP contribution in [0.4, 0.5) is 5.95 Å². The summed E-state index contributed by atoms with van der Waals surface area (Å²) in [5.41, 5.74) is 1.29. The average molecular weight is 312 g/mol. The van der Waals surface area contributed by atoms with E-state index in [1.165, 1.54) is 0 Å². The van der Waals surface area contributed by atoms with Crippen molar-refractivity contribution in [2.75, 3.05) is 31.1 Å². The van der Waals surface area contributed by atoms with E-state index < -0.39 is 0 Å². The molecule has 0 N–H and O–H groups in total. The molecule has 0 aliphatic carbocycles. The summed E-state index contributed by atoms with van der Waals surface area (Å²) in [6, 6.07) is 3.55. The van der Waals surface area contributed by atoms with Gasteiger partial charge in [-0.15, -0.1) is 0 Å². The van der Waals surface area contributed by atoms with Crippen LogP contribution in [0.1, 0.15) is 28.4 Å². The molecule has 0 spiro atoms. The molecule has 1 aliphatic heterocycles. The molecule has 1 saturated heterocycles. The minimum atomic E-state index is -0.0329. The predicted octanol–water partition coefficient (Wildman–Crippen LogP) is 1.24. The number of aryl methyl sites for hydroxylation is 2. The largest absolute Gasteiger partial charge is 0.339 e. The Balaban J connectivity index is 1.71. The summed E-state index contributed by atoms with van der Waals surface area (Å²) in [6.45, 7) is 6.60. The molecule has 0 aromatic carbocycles. The number of hydrogen-bond donors (Lipinski definition) is 0. The van der Waals surface area contributed by atoms with Crippen LogP contribution in [0.3, 0.4) is 0 Å². The predicted molar refractivity (Wildman–Crippen MR) is 86.3 cm³/mol. The lowest BCUT2D eigenvalue weighted by Gasteiger charge is -2.21. The van der Waals surface area contributed by atoms with Crippen molar-refractivity contribution in [1.29, 1.82) is 0 Å². The van der Waals surface area contributed by atoms with Gasteiger partial charge >= 0.3 is 0 Å². The van der Waals surface area contributed by atoms with Crippen molar-refractivity contribution in [3.8, 4) is 0 Å². The highest BCUT2D eigenvalue weighted by atomic mass is 16.2. The van der Waals surface area contributed by atoms with Gasteiger partial charge in [0.1, 0.15) is 11.5 Å². The van der Waals surface area contributed by atoms with Crippen molar-refractivity contribution >= 4 is 11.9 Å². The van der Waals surface area contributed by atoms with Gasteiger partial charge in [0.15, 0.2) is 0 Å². The first kappa shape index (κ1) is 15.3. The Kier molecular flexibility index (Phi) is 4.45. The highest BCUT2D eigenvalue weighted by Gasteiger charge is 2.22. The lowest BCUT2D eigenvalue weighted by Crippen LogP contribution is -2.36. The molecule has 0 bridgehead atoms. The van der Waals surface area contributed by atoms with Crippen LogP contribution in [0.5, 0.6) is 0 Å². The highest BCUT2D eigenvalue weighted by Crippen LogP contribution is 2.12. The third-order valence-corrected chi connectivity index (χ3v) is 3.80. The van der Waals surface area contributed by atoms with Crippen LogP contribution in [0.2, 0.25) is 0 Å². The second kappa shape index (κ2) is 6.68. The maximum atomic E-state index is 12.7. The van der Waals surface area contributed by atoms with Crippen LogP contribution in [0, 0.1) is 13.8 Å². The van der Waals surface area contributed by atoms with E-state index in [1.807, 2.05) is 11.8 Å². The summed E-state index contributed by atoms with van der Waals surface area (Å²) in [5, 5.41) is 0. The fraction of sp³-hybridized carbons (Fsp3) is 0.438. The first-order chi connectivity index (χ1) is 11.1. The Bertz CT molecular complexity index is 670. The Hall–Kier alpha value is -2.57. The zero-order chi connectivity index (χ0) is 16.2. The minimum Gasteiger partial charge on any atom is -0.339 e. The number of aromatic nitrogens is 4. The SMILES string of the molecule is Cc1cc(C(=O)N2CCCN(c3ncccn3)CC2)nc(C)n1. The number of anilines is 1. The Morgan fingerprint density at radius 1 is 1.04 bits per heavy atom. The van der Waals surface area contributed by atoms with E-state index >= 15 is 0 Å². The van der Waals surface area contributed by atoms with Crippen molar-refractivity contribution in [1.82, 2.24) is 24.8 Å². The van der Waals surface area contributed by atoms with Crippen molar-refractivity contribution in [2.45, 2.75) is 20.3 Å². The van der Waals surface area contributed by atoms with Crippen molar-refractivity contribution in [3.05, 3.63) is 41.7 Å². The Morgan fingerprint density at radius 2 is 1.83 bits per heavy atom. The molecular formula is C16H20N6O. The molecule has 0 atom stereocenters. The van der Waals surface area contributed by atoms with Gasteiger partial charge in [-0.1, -0.05) is 0 Å². The van der Waals surface area contributed by atoms with E-state index in [1.54, 1.807) is 31.5 Å². The number of rotatable bonds is 2. The minimum absolute atomic E-state index is 0.0329. The van der Waals surface area contributed by atoms with Gasteiger partial charge < -0.3 is 9.80 Å². The number of carbonyl (C=O) groups excluding carboxylic acids is 1. The van der Waals surface area contributed by atoms with E-state index in [4.69, 9.17) is 0 Å². The molecule has 0 radical (unpaired) electrons. The van der Waals surface area contributed by atoms with E-state index in [-0.39, 0.29) is 5.91 Å². The van der Waals surface area contributed by atoms with Crippen molar-refractivity contribution < 1.29 is 4.79 Å². The smallest absolute Gasteiger partial charge is 0.272 e. The van der Waals surface area contributed by atoms with Crippen LogP contribution < -0.4 is 4.90 Å². The normalized spacial score (nSPS) is 15.4. The summed E-state index contributed by atoms with van der Waals surface area (Å²) < 4.78 is 0. The van der Waals surface area contributed by atoms with Gasteiger partial charge in [0.25, 0.3) is 5.91 Å². The van der Waals surface area contributed by atoms with Gasteiger partial charge in [0.2, 0.25) is 5.95 Å². The van der Waals surface area contributed by atoms with Crippen molar-refractivity contribution in [2.24, 2.45) is 0 Å². The molecule has 2 aromatic heterocycles. The zero-order valence-electron chi connectivity index (χ0n) is 13.4. The fourth-order valence-corrected chi connectivity index (χ4v) is 2.76. The number of nitrogens with zero attached hydrogens (tertiary/aromatic N) is 6. The molecule has 3 rings (SSSR count). The Morgan fingerprint density at radius 3 is 2.57 bits per heavy atom. The summed E-state index contributed by atoms with van der Waals surface area (Å²) in [5.74, 6) is 1.31. The number of amides is 1. The van der Waals surface area contributed by atoms with Gasteiger partial charge in [-0.2, -0.15) is 0 Å². The van der Waals surface area contributed by atoms with Gasteiger partial charge in [0, 0.05) is 44.3 Å². The van der Waals surface area contributed by atoms with Gasteiger partial charge in [-0.25, -0.2) is 19.9 Å². The molecule has 1 fully saturated rings. The molecule has 0 unspecified atom stereocenters. The lowest BCUT2D eigenvalue weighted by molar-refractivity contribution is 0.0760. The average Bonchev–Trinajstić information content (AvgIpc) is 2.80. The number of carbonyl (C=O) groups is 1. The van der Waals surface area contributed by atoms with Crippen LogP contribution in [-0.4, -0.2) is 56.9 Å². The summed E-state index contributed by atoms with van der Waals surface area (Å²) >= 11 is 0. The molecule has 120 valence electrons. The molecule has 0 saturated carbocycles. The van der Waals surface area contributed by atoms with Gasteiger partial charge in [-0.3, -0.25) is 4.79 Å². The van der Waals surface area contributed by atoms with Crippen LogP contribution in [-0.2, 0) is 0 Å². The lowest BCUT2D eigenvalue weighted by atomic mass is 10.2. The van der Waals surface area contributed by atoms with Gasteiger partial charge in [0.05, 0.1) is 0 Å². The molecule has 1 amide bonds. The molecule has 1 aliphatic rings. The quantitative estimate of drug-likeness (QED) is 0.830. The van der Waals surface area contributed by atoms with Crippen molar-refractivity contribution in [3.63, 3.8) is 0 Å². The van der Waals surface area contributed by atoms with E-state index in [0.717, 1.165) is 31.2 Å². The monoisotopic (exact) mass is 312 g/mol. The van der Waals surface area contributed by atoms with Crippen LogP contribution in [0.25, 0.3) is 0 Å². The van der Waals surface area contributed by atoms with Crippen LogP contribution in [0.15, 0.2) is 24.5 Å². The summed E-state index contributed by atoms with van der Waals surface area (Å²) in [4.78, 5) is 33.7. The maximum Gasteiger partial charge on any atom is 0.272 e. The second-order valence-corrected chi connectivity index (χ2v) is 5.62. The number of hydrogen-bond acceptors (Lipinski definition) is 6. The first-order valence-corrected chi connectivity index (χ1v) is 7.77. The van der Waals surface area contributed by atoms with Crippen LogP contribution >= 0.6 is 0 Å². The molecule has 3 heterocycles. The van der Waals surface area contributed by atoms with Gasteiger partial charge in [-0.05, 0) is 32.4 Å².